The Morgan fingerprint density at radius 1 is 1.04 bits per heavy atom. The summed E-state index contributed by atoms with van der Waals surface area (Å²) in [6.07, 6.45) is 5.24. The maximum absolute atomic E-state index is 11.7. The van der Waals surface area contributed by atoms with Crippen LogP contribution in [-0.4, -0.2) is 30.6 Å². The van der Waals surface area contributed by atoms with Gasteiger partial charge in [0.05, 0.1) is 31.5 Å². The topological polar surface area (TPSA) is 105 Å². The Labute approximate surface area is 158 Å². The Morgan fingerprint density at radius 3 is 2.33 bits per heavy atom. The number of nitrogens with zero attached hydrogens (tertiary/aromatic N) is 1. The summed E-state index contributed by atoms with van der Waals surface area (Å²) in [6, 6.07) is 4.22. The molecule has 0 bridgehead atoms. The molecule has 1 aromatic rings. The molecule has 0 spiro atoms. The molecule has 1 rings (SSSR count). The molecule has 1 aromatic carbocycles. The molecule has 0 heterocycles. The van der Waals surface area contributed by atoms with Crippen LogP contribution in [-0.2, 0) is 25.7 Å². The zero-order valence-corrected chi connectivity index (χ0v) is 15.9. The second-order valence-electron chi connectivity index (χ2n) is 6.06. The monoisotopic (exact) mass is 381 g/mol. The highest BCUT2D eigenvalue weighted by atomic mass is 16.6. The number of nitro groups is 1. The molecule has 0 aliphatic heterocycles. The molecule has 0 saturated carbocycles. The fraction of sp³-hybridized carbons (Fsp3) is 0.579. The number of benzene rings is 1. The van der Waals surface area contributed by atoms with E-state index in [9.17, 15) is 19.7 Å². The number of hydrogen-bond donors (Lipinski definition) is 0. The lowest BCUT2D eigenvalue weighted by atomic mass is 10.2. The van der Waals surface area contributed by atoms with Crippen molar-refractivity contribution in [2.75, 3.05) is 13.7 Å². The van der Waals surface area contributed by atoms with Gasteiger partial charge in [-0.15, -0.1) is 0 Å². The van der Waals surface area contributed by atoms with Crippen molar-refractivity contribution in [2.24, 2.45) is 0 Å². The van der Waals surface area contributed by atoms with Crippen molar-refractivity contribution in [2.45, 2.75) is 58.5 Å². The van der Waals surface area contributed by atoms with Crippen molar-refractivity contribution >= 4 is 17.6 Å². The quantitative estimate of drug-likeness (QED) is 0.220. The predicted octanol–water partition coefficient (Wildman–Crippen LogP) is 3.94. The van der Waals surface area contributed by atoms with Crippen LogP contribution in [0.5, 0.6) is 5.75 Å². The number of rotatable bonds is 13. The molecule has 0 aliphatic carbocycles. The summed E-state index contributed by atoms with van der Waals surface area (Å²) in [5.74, 6) is -0.859. The first kappa shape index (κ1) is 22.4. The minimum atomic E-state index is -0.552. The first-order valence-electron chi connectivity index (χ1n) is 9.10. The molecule has 0 fully saturated rings. The summed E-state index contributed by atoms with van der Waals surface area (Å²) in [6.45, 7) is 2.46. The standard InChI is InChI=1S/C19H27NO7/c1-3-4-5-6-7-12-26-18(21)10-11-19(22)27-14-15-8-9-16(20(23)24)17(13-15)25-2/h8-9,13H,3-7,10-12,14H2,1-2H3. The smallest absolute Gasteiger partial charge is 0.310 e. The van der Waals surface area contributed by atoms with E-state index in [1.54, 1.807) is 0 Å². The number of methoxy groups -OCH3 is 1. The average Bonchev–Trinajstić information content (AvgIpc) is 2.66. The van der Waals surface area contributed by atoms with Crippen molar-refractivity contribution in [1.82, 2.24) is 0 Å². The highest BCUT2D eigenvalue weighted by Crippen LogP contribution is 2.27. The molecular weight excluding hydrogens is 354 g/mol. The van der Waals surface area contributed by atoms with Gasteiger partial charge in [0.2, 0.25) is 0 Å². The predicted molar refractivity (Wildman–Crippen MR) is 98.4 cm³/mol. The van der Waals surface area contributed by atoms with Gasteiger partial charge in [0, 0.05) is 6.07 Å². The Balaban J connectivity index is 2.27. The van der Waals surface area contributed by atoms with E-state index in [4.69, 9.17) is 14.2 Å². The summed E-state index contributed by atoms with van der Waals surface area (Å²) in [7, 11) is 1.33. The number of ether oxygens (including phenoxy) is 3. The SMILES string of the molecule is CCCCCCCOC(=O)CCC(=O)OCc1ccc([N+](=O)[O-])c(OC)c1. The number of carbonyl (C=O) groups excluding carboxylic acids is 2. The fourth-order valence-electron chi connectivity index (χ4n) is 2.37. The molecule has 8 heteroatoms. The second-order valence-corrected chi connectivity index (χ2v) is 6.06. The Hall–Kier alpha value is -2.64. The van der Waals surface area contributed by atoms with E-state index in [0.29, 0.717) is 12.2 Å². The lowest BCUT2D eigenvalue weighted by Gasteiger charge is -2.07. The van der Waals surface area contributed by atoms with Crippen LogP contribution in [0.1, 0.15) is 57.4 Å². The van der Waals surface area contributed by atoms with Crippen molar-refractivity contribution < 1.29 is 28.7 Å². The highest BCUT2D eigenvalue weighted by Gasteiger charge is 2.15. The van der Waals surface area contributed by atoms with Crippen LogP contribution >= 0.6 is 0 Å². The average molecular weight is 381 g/mol. The largest absolute Gasteiger partial charge is 0.490 e. The van der Waals surface area contributed by atoms with Crippen LogP contribution in [0.4, 0.5) is 5.69 Å². The van der Waals surface area contributed by atoms with E-state index in [-0.39, 0.29) is 30.9 Å². The zero-order chi connectivity index (χ0) is 20.1. The summed E-state index contributed by atoms with van der Waals surface area (Å²) in [5.41, 5.74) is 0.394. The van der Waals surface area contributed by atoms with E-state index in [2.05, 4.69) is 6.92 Å². The number of esters is 2. The minimum Gasteiger partial charge on any atom is -0.490 e. The van der Waals surface area contributed by atoms with E-state index in [1.165, 1.54) is 31.7 Å². The lowest BCUT2D eigenvalue weighted by molar-refractivity contribution is -0.385. The Kier molecular flexibility index (Phi) is 10.5. The van der Waals surface area contributed by atoms with Gasteiger partial charge in [-0.3, -0.25) is 19.7 Å². The molecule has 0 radical (unpaired) electrons. The van der Waals surface area contributed by atoms with Gasteiger partial charge in [-0.1, -0.05) is 32.6 Å². The number of hydrogen-bond acceptors (Lipinski definition) is 7. The van der Waals surface area contributed by atoms with E-state index in [1.807, 2.05) is 0 Å². The summed E-state index contributed by atoms with van der Waals surface area (Å²) in [5, 5.41) is 10.8. The summed E-state index contributed by atoms with van der Waals surface area (Å²) in [4.78, 5) is 33.6. The molecule has 0 aliphatic rings. The van der Waals surface area contributed by atoms with Crippen LogP contribution in [0, 0.1) is 10.1 Å². The summed E-state index contributed by atoms with van der Waals surface area (Å²) >= 11 is 0. The van der Waals surface area contributed by atoms with Gasteiger partial charge in [0.25, 0.3) is 0 Å². The molecule has 150 valence electrons. The molecule has 0 unspecified atom stereocenters. The molecule has 0 amide bonds. The lowest BCUT2D eigenvalue weighted by Crippen LogP contribution is -2.11. The molecule has 0 saturated heterocycles. The molecule has 8 nitrogen and oxygen atoms in total. The number of nitro benzene ring substituents is 1. The molecule has 0 aromatic heterocycles. The van der Waals surface area contributed by atoms with Crippen molar-refractivity contribution in [1.29, 1.82) is 0 Å². The van der Waals surface area contributed by atoms with Crippen LogP contribution in [0.15, 0.2) is 18.2 Å². The van der Waals surface area contributed by atoms with Gasteiger partial charge in [-0.25, -0.2) is 0 Å². The van der Waals surface area contributed by atoms with Crippen LogP contribution < -0.4 is 4.74 Å². The van der Waals surface area contributed by atoms with Gasteiger partial charge < -0.3 is 14.2 Å². The fourth-order valence-corrected chi connectivity index (χ4v) is 2.37. The minimum absolute atomic E-state index is 0.0304. The van der Waals surface area contributed by atoms with Crippen LogP contribution in [0.25, 0.3) is 0 Å². The first-order valence-corrected chi connectivity index (χ1v) is 9.10. The van der Waals surface area contributed by atoms with Crippen molar-refractivity contribution in [3.63, 3.8) is 0 Å². The zero-order valence-electron chi connectivity index (χ0n) is 15.9. The van der Waals surface area contributed by atoms with Gasteiger partial charge in [-0.05, 0) is 24.1 Å². The van der Waals surface area contributed by atoms with E-state index < -0.39 is 16.9 Å². The Bertz CT molecular complexity index is 630. The van der Waals surface area contributed by atoms with Crippen molar-refractivity contribution in [3.05, 3.63) is 33.9 Å². The van der Waals surface area contributed by atoms with Gasteiger partial charge >= 0.3 is 17.6 Å². The van der Waals surface area contributed by atoms with Gasteiger partial charge in [-0.2, -0.15) is 0 Å². The second kappa shape index (κ2) is 12.7. The maximum Gasteiger partial charge on any atom is 0.310 e. The number of unbranched alkanes of at least 4 members (excludes halogenated alkanes) is 4. The molecule has 0 N–H and O–H groups in total. The summed E-state index contributed by atoms with van der Waals surface area (Å²) < 4.78 is 15.1. The van der Waals surface area contributed by atoms with Gasteiger partial charge in [0.15, 0.2) is 5.75 Å². The third-order valence-corrected chi connectivity index (χ3v) is 3.88. The third kappa shape index (κ3) is 9.03. The molecule has 0 atom stereocenters. The first-order chi connectivity index (χ1) is 13.0. The molecular formula is C19H27NO7. The van der Waals surface area contributed by atoms with Crippen LogP contribution in [0.2, 0.25) is 0 Å². The van der Waals surface area contributed by atoms with E-state index in [0.717, 1.165) is 25.7 Å². The normalized spacial score (nSPS) is 10.3. The van der Waals surface area contributed by atoms with Gasteiger partial charge in [0.1, 0.15) is 6.61 Å². The third-order valence-electron chi connectivity index (χ3n) is 3.88. The van der Waals surface area contributed by atoms with Crippen molar-refractivity contribution in [3.8, 4) is 5.75 Å². The Morgan fingerprint density at radius 2 is 1.70 bits per heavy atom. The molecule has 27 heavy (non-hydrogen) atoms. The van der Waals surface area contributed by atoms with E-state index >= 15 is 0 Å². The highest BCUT2D eigenvalue weighted by molar-refractivity contribution is 5.77. The maximum atomic E-state index is 11.7. The van der Waals surface area contributed by atoms with Crippen LogP contribution in [0.3, 0.4) is 0 Å². The number of carbonyl (C=O) groups is 2.